The third-order valence-electron chi connectivity index (χ3n) is 6.84. The van der Waals surface area contributed by atoms with Crippen molar-refractivity contribution >= 4 is 27.5 Å². The monoisotopic (exact) mass is 565 g/mol. The minimum Gasteiger partial charge on any atom is -0.495 e. The highest BCUT2D eigenvalue weighted by Crippen LogP contribution is 2.32. The van der Waals surface area contributed by atoms with Crippen LogP contribution in [0.15, 0.2) is 77.7 Å². The lowest BCUT2D eigenvalue weighted by Gasteiger charge is -2.32. The average molecular weight is 566 g/mol. The van der Waals surface area contributed by atoms with Crippen molar-refractivity contribution in [2.45, 2.75) is 58.0 Å². The average Bonchev–Trinajstić information content (AvgIpc) is 2.95. The highest BCUT2D eigenvalue weighted by atomic mass is 32.2. The first-order valence-corrected chi connectivity index (χ1v) is 14.9. The Morgan fingerprint density at radius 3 is 2.25 bits per heavy atom. The molecule has 2 amide bonds. The summed E-state index contributed by atoms with van der Waals surface area (Å²) in [6.07, 6.45) is 1.74. The molecule has 0 saturated carbocycles. The van der Waals surface area contributed by atoms with E-state index in [4.69, 9.17) is 4.74 Å². The highest BCUT2D eigenvalue weighted by molar-refractivity contribution is 7.92. The minimum absolute atomic E-state index is 0.0487. The molecule has 3 aromatic rings. The zero-order chi connectivity index (χ0) is 29.3. The van der Waals surface area contributed by atoms with Gasteiger partial charge >= 0.3 is 0 Å². The number of nitrogens with one attached hydrogen (secondary N) is 1. The van der Waals surface area contributed by atoms with E-state index in [0.717, 1.165) is 33.8 Å². The summed E-state index contributed by atoms with van der Waals surface area (Å²) in [4.78, 5) is 28.6. The standard InChI is InChI=1S/C31H39N3O5S/c1-6-7-20-32-31(36)25(4)33(21-26-13-9-8-12-24(26)3)30(35)22-34(28-14-10-11-15-29(28)39-5)40(37,38)27-18-16-23(2)17-19-27/h8-19,25H,6-7,20-22H2,1-5H3,(H,32,36)/t25-/m1/s1. The number of rotatable bonds is 13. The van der Waals surface area contributed by atoms with Gasteiger partial charge in [-0.25, -0.2) is 8.42 Å². The van der Waals surface area contributed by atoms with Gasteiger partial charge in [0.1, 0.15) is 18.3 Å². The fourth-order valence-corrected chi connectivity index (χ4v) is 5.70. The van der Waals surface area contributed by atoms with Crippen molar-refractivity contribution < 1.29 is 22.7 Å². The number of carbonyl (C=O) groups excluding carboxylic acids is 2. The van der Waals surface area contributed by atoms with Crippen molar-refractivity contribution in [3.8, 4) is 5.75 Å². The predicted octanol–water partition coefficient (Wildman–Crippen LogP) is 4.84. The first-order chi connectivity index (χ1) is 19.1. The Labute approximate surface area is 238 Å². The normalized spacial score (nSPS) is 11.9. The minimum atomic E-state index is -4.17. The van der Waals surface area contributed by atoms with Gasteiger partial charge in [0, 0.05) is 13.1 Å². The number of hydrogen-bond acceptors (Lipinski definition) is 5. The molecule has 8 nitrogen and oxygen atoms in total. The van der Waals surface area contributed by atoms with Crippen LogP contribution in [0.4, 0.5) is 5.69 Å². The molecule has 40 heavy (non-hydrogen) atoms. The Kier molecular flexibility index (Phi) is 10.7. The number of unbranched alkanes of at least 4 members (excludes halogenated alkanes) is 1. The molecule has 0 aliphatic rings. The van der Waals surface area contributed by atoms with Crippen LogP contribution in [0, 0.1) is 13.8 Å². The van der Waals surface area contributed by atoms with Gasteiger partial charge in [-0.1, -0.05) is 67.4 Å². The highest BCUT2D eigenvalue weighted by Gasteiger charge is 2.33. The molecule has 0 saturated heterocycles. The number of hydrogen-bond donors (Lipinski definition) is 1. The van der Waals surface area contributed by atoms with Crippen LogP contribution in [-0.2, 0) is 26.2 Å². The molecule has 0 spiro atoms. The van der Waals surface area contributed by atoms with E-state index < -0.39 is 28.5 Å². The zero-order valence-electron chi connectivity index (χ0n) is 23.9. The number of benzene rings is 3. The summed E-state index contributed by atoms with van der Waals surface area (Å²) >= 11 is 0. The fraction of sp³-hybridized carbons (Fsp3) is 0.355. The van der Waals surface area contributed by atoms with Gasteiger partial charge in [-0.2, -0.15) is 0 Å². The molecular weight excluding hydrogens is 526 g/mol. The van der Waals surface area contributed by atoms with Gasteiger partial charge in [-0.3, -0.25) is 13.9 Å². The third kappa shape index (κ3) is 7.41. The van der Waals surface area contributed by atoms with E-state index in [1.54, 1.807) is 43.3 Å². The second-order valence-corrected chi connectivity index (χ2v) is 11.6. The largest absolute Gasteiger partial charge is 0.495 e. The summed E-state index contributed by atoms with van der Waals surface area (Å²) in [5.74, 6) is -0.495. The second kappa shape index (κ2) is 14.0. The third-order valence-corrected chi connectivity index (χ3v) is 8.61. The molecule has 0 heterocycles. The van der Waals surface area contributed by atoms with Gasteiger partial charge < -0.3 is 15.0 Å². The van der Waals surface area contributed by atoms with Crippen LogP contribution in [0.3, 0.4) is 0 Å². The molecule has 1 atom stereocenters. The number of carbonyl (C=O) groups is 2. The number of nitrogens with zero attached hydrogens (tertiary/aromatic N) is 2. The SMILES string of the molecule is CCCCNC(=O)[C@@H](C)N(Cc1ccccc1C)C(=O)CN(c1ccccc1OC)S(=O)(=O)c1ccc(C)cc1. The van der Waals surface area contributed by atoms with Crippen molar-refractivity contribution in [3.63, 3.8) is 0 Å². The number of ether oxygens (including phenoxy) is 1. The Balaban J connectivity index is 2.05. The first kappa shape index (κ1) is 30.7. The lowest BCUT2D eigenvalue weighted by molar-refractivity contribution is -0.139. The number of para-hydroxylation sites is 2. The van der Waals surface area contributed by atoms with Crippen LogP contribution >= 0.6 is 0 Å². The van der Waals surface area contributed by atoms with Crippen molar-refractivity contribution in [3.05, 3.63) is 89.5 Å². The molecule has 0 fully saturated rings. The molecule has 0 unspecified atom stereocenters. The summed E-state index contributed by atoms with van der Waals surface area (Å²) in [6, 6.07) is 19.9. The molecule has 3 rings (SSSR count). The van der Waals surface area contributed by atoms with Crippen molar-refractivity contribution in [1.29, 1.82) is 0 Å². The molecule has 0 radical (unpaired) electrons. The molecule has 0 bridgehead atoms. The van der Waals surface area contributed by atoms with E-state index in [1.165, 1.54) is 24.1 Å². The summed E-state index contributed by atoms with van der Waals surface area (Å²) < 4.78 is 34.5. The van der Waals surface area contributed by atoms with E-state index in [1.807, 2.05) is 45.0 Å². The van der Waals surface area contributed by atoms with Gasteiger partial charge in [0.25, 0.3) is 10.0 Å². The molecule has 214 valence electrons. The van der Waals surface area contributed by atoms with Crippen LogP contribution in [0.1, 0.15) is 43.4 Å². The maximum atomic E-state index is 14.0. The molecule has 0 aliphatic carbocycles. The molecule has 3 aromatic carbocycles. The van der Waals surface area contributed by atoms with Gasteiger partial charge in [-0.05, 0) is 62.6 Å². The molecule has 0 aliphatic heterocycles. The van der Waals surface area contributed by atoms with Crippen molar-refractivity contribution in [2.24, 2.45) is 0 Å². The Hall–Kier alpha value is -3.85. The first-order valence-electron chi connectivity index (χ1n) is 13.4. The number of anilines is 1. The van der Waals surface area contributed by atoms with Gasteiger partial charge in [0.15, 0.2) is 0 Å². The van der Waals surface area contributed by atoms with E-state index in [0.29, 0.717) is 12.3 Å². The summed E-state index contributed by atoms with van der Waals surface area (Å²) in [5.41, 5.74) is 2.98. The molecule has 1 N–H and O–H groups in total. The summed E-state index contributed by atoms with van der Waals surface area (Å²) in [6.45, 7) is 7.64. The van der Waals surface area contributed by atoms with Gasteiger partial charge in [-0.15, -0.1) is 0 Å². The fourth-order valence-electron chi connectivity index (χ4n) is 4.28. The van der Waals surface area contributed by atoms with Gasteiger partial charge in [0.2, 0.25) is 11.8 Å². The lowest BCUT2D eigenvalue weighted by atomic mass is 10.1. The topological polar surface area (TPSA) is 96.0 Å². The number of amides is 2. The van der Waals surface area contributed by atoms with Crippen LogP contribution in [-0.4, -0.2) is 51.4 Å². The number of aryl methyl sites for hydroxylation is 2. The van der Waals surface area contributed by atoms with E-state index in [2.05, 4.69) is 5.32 Å². The van der Waals surface area contributed by atoms with Crippen LogP contribution in [0.2, 0.25) is 0 Å². The molecule has 9 heteroatoms. The van der Waals surface area contributed by atoms with Crippen LogP contribution in [0.5, 0.6) is 5.75 Å². The maximum absolute atomic E-state index is 14.0. The smallest absolute Gasteiger partial charge is 0.264 e. The van der Waals surface area contributed by atoms with E-state index in [9.17, 15) is 18.0 Å². The molecular formula is C31H39N3O5S. The Morgan fingerprint density at radius 1 is 0.950 bits per heavy atom. The van der Waals surface area contributed by atoms with Crippen molar-refractivity contribution in [2.75, 3.05) is 24.5 Å². The summed E-state index contributed by atoms with van der Waals surface area (Å²) in [7, 11) is -2.72. The zero-order valence-corrected chi connectivity index (χ0v) is 24.7. The Morgan fingerprint density at radius 2 is 1.60 bits per heavy atom. The van der Waals surface area contributed by atoms with Crippen LogP contribution in [0.25, 0.3) is 0 Å². The Bertz CT molecular complexity index is 1410. The lowest BCUT2D eigenvalue weighted by Crippen LogP contribution is -2.51. The maximum Gasteiger partial charge on any atom is 0.264 e. The predicted molar refractivity (Wildman–Crippen MR) is 158 cm³/mol. The number of methoxy groups -OCH3 is 1. The van der Waals surface area contributed by atoms with Crippen LogP contribution < -0.4 is 14.4 Å². The number of sulfonamides is 1. The van der Waals surface area contributed by atoms with Gasteiger partial charge in [0.05, 0.1) is 17.7 Å². The summed E-state index contributed by atoms with van der Waals surface area (Å²) in [5, 5.41) is 2.90. The molecule has 0 aromatic heterocycles. The quantitative estimate of drug-likeness (QED) is 0.299. The van der Waals surface area contributed by atoms with E-state index >= 15 is 0 Å². The van der Waals surface area contributed by atoms with E-state index in [-0.39, 0.29) is 23.0 Å². The van der Waals surface area contributed by atoms with Crippen molar-refractivity contribution in [1.82, 2.24) is 10.2 Å². The second-order valence-electron chi connectivity index (χ2n) is 9.77.